The Hall–Kier alpha value is -2.83. The van der Waals surface area contributed by atoms with Crippen LogP contribution in [0.1, 0.15) is 23.2 Å². The van der Waals surface area contributed by atoms with Crippen LogP contribution in [0.4, 0.5) is 11.6 Å². The summed E-state index contributed by atoms with van der Waals surface area (Å²) in [6, 6.07) is 6.95. The smallest absolute Gasteiger partial charge is 0.260 e. The molecule has 1 aliphatic heterocycles. The van der Waals surface area contributed by atoms with Crippen LogP contribution in [0.5, 0.6) is 11.5 Å². The van der Waals surface area contributed by atoms with Crippen LogP contribution >= 0.6 is 0 Å². The third-order valence-electron chi connectivity index (χ3n) is 3.97. The lowest BCUT2D eigenvalue weighted by Crippen LogP contribution is -2.20. The molecule has 3 rings (SSSR count). The van der Waals surface area contributed by atoms with Gasteiger partial charge in [0.1, 0.15) is 18.0 Å². The SMILES string of the molecule is COc1cccc(C(=O)Nc2cc(N3CCCC3)ncn2)c1OC. The van der Waals surface area contributed by atoms with Crippen molar-refractivity contribution in [3.8, 4) is 11.5 Å². The van der Waals surface area contributed by atoms with Gasteiger partial charge in [0.15, 0.2) is 11.5 Å². The first-order chi connectivity index (χ1) is 11.7. The predicted molar refractivity (Wildman–Crippen MR) is 91.0 cm³/mol. The van der Waals surface area contributed by atoms with Crippen LogP contribution < -0.4 is 19.7 Å². The van der Waals surface area contributed by atoms with E-state index in [1.54, 1.807) is 24.3 Å². The minimum atomic E-state index is -0.308. The zero-order chi connectivity index (χ0) is 16.9. The fourth-order valence-electron chi connectivity index (χ4n) is 2.78. The van der Waals surface area contributed by atoms with Gasteiger partial charge < -0.3 is 19.7 Å². The van der Waals surface area contributed by atoms with Crippen molar-refractivity contribution in [1.82, 2.24) is 9.97 Å². The van der Waals surface area contributed by atoms with E-state index < -0.39 is 0 Å². The van der Waals surface area contributed by atoms with E-state index in [-0.39, 0.29) is 5.91 Å². The van der Waals surface area contributed by atoms with E-state index in [4.69, 9.17) is 9.47 Å². The van der Waals surface area contributed by atoms with Crippen molar-refractivity contribution in [1.29, 1.82) is 0 Å². The fraction of sp³-hybridized carbons (Fsp3) is 0.353. The van der Waals surface area contributed by atoms with Gasteiger partial charge in [-0.25, -0.2) is 9.97 Å². The molecule has 0 atom stereocenters. The molecule has 2 aromatic rings. The Bertz CT molecular complexity index is 730. The number of carbonyl (C=O) groups is 1. The van der Waals surface area contributed by atoms with Crippen molar-refractivity contribution in [2.24, 2.45) is 0 Å². The van der Waals surface area contributed by atoms with Gasteiger partial charge in [-0.15, -0.1) is 0 Å². The Morgan fingerprint density at radius 3 is 2.67 bits per heavy atom. The highest BCUT2D eigenvalue weighted by atomic mass is 16.5. The van der Waals surface area contributed by atoms with Crippen LogP contribution in [0.2, 0.25) is 0 Å². The molecule has 2 heterocycles. The van der Waals surface area contributed by atoms with Crippen LogP contribution in [-0.4, -0.2) is 43.2 Å². The summed E-state index contributed by atoms with van der Waals surface area (Å²) in [7, 11) is 3.04. The highest BCUT2D eigenvalue weighted by Gasteiger charge is 2.18. The molecule has 0 radical (unpaired) electrons. The van der Waals surface area contributed by atoms with E-state index in [1.807, 2.05) is 0 Å². The molecule has 7 nitrogen and oxygen atoms in total. The van der Waals surface area contributed by atoms with Crippen molar-refractivity contribution in [3.63, 3.8) is 0 Å². The molecule has 24 heavy (non-hydrogen) atoms. The van der Waals surface area contributed by atoms with Crippen molar-refractivity contribution in [2.45, 2.75) is 12.8 Å². The monoisotopic (exact) mass is 328 g/mol. The summed E-state index contributed by atoms with van der Waals surface area (Å²) < 4.78 is 10.5. The lowest BCUT2D eigenvalue weighted by Gasteiger charge is -2.17. The van der Waals surface area contributed by atoms with E-state index in [2.05, 4.69) is 20.2 Å². The molecule has 7 heteroatoms. The van der Waals surface area contributed by atoms with Gasteiger partial charge in [-0.3, -0.25) is 4.79 Å². The van der Waals surface area contributed by atoms with Gasteiger partial charge >= 0.3 is 0 Å². The van der Waals surface area contributed by atoms with Crippen LogP contribution in [0.25, 0.3) is 0 Å². The van der Waals surface area contributed by atoms with Gasteiger partial charge in [0, 0.05) is 19.2 Å². The topological polar surface area (TPSA) is 76.6 Å². The Labute approximate surface area is 140 Å². The summed E-state index contributed by atoms with van der Waals surface area (Å²) in [6.45, 7) is 1.96. The molecule has 126 valence electrons. The van der Waals surface area contributed by atoms with Crippen LogP contribution in [0.15, 0.2) is 30.6 Å². The van der Waals surface area contributed by atoms with Gasteiger partial charge in [0.05, 0.1) is 19.8 Å². The average molecular weight is 328 g/mol. The Kier molecular flexibility index (Phi) is 4.79. The molecule has 0 saturated carbocycles. The van der Waals surface area contributed by atoms with Gasteiger partial charge in [0.25, 0.3) is 5.91 Å². The van der Waals surface area contributed by atoms with Crippen LogP contribution in [0.3, 0.4) is 0 Å². The third kappa shape index (κ3) is 3.24. The number of ether oxygens (including phenoxy) is 2. The van der Waals surface area contributed by atoms with E-state index in [9.17, 15) is 4.79 Å². The molecule has 0 unspecified atom stereocenters. The Morgan fingerprint density at radius 2 is 1.96 bits per heavy atom. The second kappa shape index (κ2) is 7.16. The van der Waals surface area contributed by atoms with E-state index in [0.29, 0.717) is 22.9 Å². The summed E-state index contributed by atoms with van der Waals surface area (Å²) in [4.78, 5) is 23.2. The summed E-state index contributed by atoms with van der Waals surface area (Å²) in [5.41, 5.74) is 0.387. The lowest BCUT2D eigenvalue weighted by molar-refractivity contribution is 0.102. The molecular formula is C17H20N4O3. The number of nitrogens with one attached hydrogen (secondary N) is 1. The normalized spacial score (nSPS) is 13.7. The molecule has 1 amide bonds. The van der Waals surface area contributed by atoms with Crippen molar-refractivity contribution in [2.75, 3.05) is 37.5 Å². The summed E-state index contributed by atoms with van der Waals surface area (Å²) in [5, 5.41) is 2.80. The minimum Gasteiger partial charge on any atom is -0.493 e. The van der Waals surface area contributed by atoms with Crippen LogP contribution in [0, 0.1) is 0 Å². The Balaban J connectivity index is 1.81. The maximum atomic E-state index is 12.6. The second-order valence-corrected chi connectivity index (χ2v) is 5.45. The number of aromatic nitrogens is 2. The number of para-hydroxylation sites is 1. The number of hydrogen-bond acceptors (Lipinski definition) is 6. The van der Waals surface area contributed by atoms with Crippen molar-refractivity contribution < 1.29 is 14.3 Å². The zero-order valence-corrected chi connectivity index (χ0v) is 13.8. The first-order valence-electron chi connectivity index (χ1n) is 7.82. The number of benzene rings is 1. The van der Waals surface area contributed by atoms with Crippen LogP contribution in [-0.2, 0) is 0 Å². The molecular weight excluding hydrogens is 308 g/mol. The molecule has 1 aromatic carbocycles. The van der Waals surface area contributed by atoms with Crippen molar-refractivity contribution >= 4 is 17.5 Å². The quantitative estimate of drug-likeness (QED) is 0.908. The molecule has 1 N–H and O–H groups in total. The molecule has 1 aliphatic rings. The maximum absolute atomic E-state index is 12.6. The maximum Gasteiger partial charge on any atom is 0.260 e. The highest BCUT2D eigenvalue weighted by molar-refractivity contribution is 6.06. The standard InChI is InChI=1S/C17H20N4O3/c1-23-13-7-5-6-12(16(13)24-2)17(22)20-14-10-15(19-11-18-14)21-8-3-4-9-21/h5-7,10-11H,3-4,8-9H2,1-2H3,(H,18,19,20,22). The average Bonchev–Trinajstić information content (AvgIpc) is 3.15. The van der Waals surface area contributed by atoms with Gasteiger partial charge in [-0.2, -0.15) is 0 Å². The first kappa shape index (κ1) is 16.0. The Morgan fingerprint density at radius 1 is 1.17 bits per heavy atom. The summed E-state index contributed by atoms with van der Waals surface area (Å²) >= 11 is 0. The molecule has 0 spiro atoms. The molecule has 1 saturated heterocycles. The van der Waals surface area contributed by atoms with E-state index >= 15 is 0 Å². The number of nitrogens with zero attached hydrogens (tertiary/aromatic N) is 3. The summed E-state index contributed by atoms with van der Waals surface area (Å²) in [6.07, 6.45) is 3.78. The number of rotatable bonds is 5. The lowest BCUT2D eigenvalue weighted by atomic mass is 10.1. The largest absolute Gasteiger partial charge is 0.493 e. The third-order valence-corrected chi connectivity index (χ3v) is 3.97. The molecule has 0 bridgehead atoms. The molecule has 1 aromatic heterocycles. The fourth-order valence-corrected chi connectivity index (χ4v) is 2.78. The molecule has 0 aliphatic carbocycles. The summed E-state index contributed by atoms with van der Waals surface area (Å²) in [5.74, 6) is 1.88. The zero-order valence-electron chi connectivity index (χ0n) is 13.8. The van der Waals surface area contributed by atoms with E-state index in [0.717, 1.165) is 31.7 Å². The second-order valence-electron chi connectivity index (χ2n) is 5.45. The number of methoxy groups -OCH3 is 2. The number of anilines is 2. The number of carbonyl (C=O) groups excluding carboxylic acids is 1. The van der Waals surface area contributed by atoms with Gasteiger partial charge in [-0.05, 0) is 25.0 Å². The molecule has 1 fully saturated rings. The van der Waals surface area contributed by atoms with Gasteiger partial charge in [-0.1, -0.05) is 6.07 Å². The highest BCUT2D eigenvalue weighted by Crippen LogP contribution is 2.31. The predicted octanol–water partition coefficient (Wildman–Crippen LogP) is 2.35. The first-order valence-corrected chi connectivity index (χ1v) is 7.82. The number of hydrogen-bond donors (Lipinski definition) is 1. The minimum absolute atomic E-state index is 0.308. The van der Waals surface area contributed by atoms with E-state index in [1.165, 1.54) is 20.5 Å². The number of amides is 1. The van der Waals surface area contributed by atoms with Gasteiger partial charge in [0.2, 0.25) is 0 Å². The van der Waals surface area contributed by atoms with Crippen molar-refractivity contribution in [3.05, 3.63) is 36.2 Å².